The van der Waals surface area contributed by atoms with Gasteiger partial charge in [0.25, 0.3) is 5.91 Å². The van der Waals surface area contributed by atoms with Gasteiger partial charge in [-0.05, 0) is 43.7 Å². The van der Waals surface area contributed by atoms with Gasteiger partial charge in [0.15, 0.2) is 6.61 Å². The number of hydrogen-bond acceptors (Lipinski definition) is 4. The second kappa shape index (κ2) is 8.38. The predicted molar refractivity (Wildman–Crippen MR) is 94.5 cm³/mol. The van der Waals surface area contributed by atoms with E-state index in [9.17, 15) is 4.79 Å². The molecular formula is C19H28N2O3. The minimum absolute atomic E-state index is 0.0521. The normalized spacial score (nSPS) is 22.2. The fourth-order valence-corrected chi connectivity index (χ4v) is 3.50. The van der Waals surface area contributed by atoms with Gasteiger partial charge in [0.05, 0.1) is 5.69 Å². The summed E-state index contributed by atoms with van der Waals surface area (Å²) in [5.74, 6) is 1.45. The lowest BCUT2D eigenvalue weighted by Gasteiger charge is -2.33. The molecule has 2 fully saturated rings. The van der Waals surface area contributed by atoms with Crippen LogP contribution in [0.5, 0.6) is 5.75 Å². The minimum Gasteiger partial charge on any atom is -0.482 e. The molecule has 0 aromatic heterocycles. The predicted octanol–water partition coefficient (Wildman–Crippen LogP) is 2.60. The van der Waals surface area contributed by atoms with E-state index in [1.807, 2.05) is 18.2 Å². The highest BCUT2D eigenvalue weighted by molar-refractivity contribution is 5.78. The molecule has 3 rings (SSSR count). The lowest BCUT2D eigenvalue weighted by molar-refractivity contribution is -0.124. The second-order valence-electron chi connectivity index (χ2n) is 6.90. The van der Waals surface area contributed by atoms with E-state index < -0.39 is 0 Å². The maximum absolute atomic E-state index is 12.1. The highest BCUT2D eigenvalue weighted by Crippen LogP contribution is 2.31. The average Bonchev–Trinajstić information content (AvgIpc) is 2.61. The largest absolute Gasteiger partial charge is 0.482 e. The van der Waals surface area contributed by atoms with Gasteiger partial charge >= 0.3 is 0 Å². The van der Waals surface area contributed by atoms with Gasteiger partial charge < -0.3 is 19.7 Å². The molecule has 1 atom stereocenters. The van der Waals surface area contributed by atoms with Gasteiger partial charge in [-0.3, -0.25) is 4.79 Å². The van der Waals surface area contributed by atoms with Crippen molar-refractivity contribution < 1.29 is 14.3 Å². The van der Waals surface area contributed by atoms with Crippen molar-refractivity contribution in [2.45, 2.75) is 38.6 Å². The smallest absolute Gasteiger partial charge is 0.258 e. The number of hydrogen-bond donors (Lipinski definition) is 1. The van der Waals surface area contributed by atoms with Crippen molar-refractivity contribution in [2.24, 2.45) is 5.92 Å². The Morgan fingerprint density at radius 1 is 1.29 bits per heavy atom. The molecule has 2 heterocycles. The Morgan fingerprint density at radius 2 is 2.08 bits per heavy atom. The molecule has 0 aliphatic carbocycles. The van der Waals surface area contributed by atoms with E-state index in [0.29, 0.717) is 5.92 Å². The number of ether oxygens (including phenoxy) is 2. The van der Waals surface area contributed by atoms with Crippen molar-refractivity contribution in [1.29, 1.82) is 0 Å². The Bertz CT molecular complexity index is 543. The molecule has 1 N–H and O–H groups in total. The average molecular weight is 332 g/mol. The lowest BCUT2D eigenvalue weighted by Crippen LogP contribution is -2.41. The van der Waals surface area contributed by atoms with Crippen LogP contribution < -0.4 is 15.0 Å². The third-order valence-electron chi connectivity index (χ3n) is 4.81. The van der Waals surface area contributed by atoms with Crippen LogP contribution in [-0.4, -0.2) is 44.9 Å². The molecule has 1 amide bonds. The molecule has 1 aromatic carbocycles. The Hall–Kier alpha value is -1.75. The van der Waals surface area contributed by atoms with Gasteiger partial charge in [0, 0.05) is 32.3 Å². The van der Waals surface area contributed by atoms with Crippen molar-refractivity contribution in [2.75, 3.05) is 37.8 Å². The number of amides is 1. The van der Waals surface area contributed by atoms with E-state index in [0.717, 1.165) is 50.6 Å². The summed E-state index contributed by atoms with van der Waals surface area (Å²) >= 11 is 0. The van der Waals surface area contributed by atoms with Crippen LogP contribution in [-0.2, 0) is 9.53 Å². The second-order valence-corrected chi connectivity index (χ2v) is 6.90. The molecule has 2 saturated heterocycles. The van der Waals surface area contributed by atoms with Crippen LogP contribution in [0.1, 0.15) is 32.6 Å². The zero-order chi connectivity index (χ0) is 16.8. The van der Waals surface area contributed by atoms with Gasteiger partial charge in [-0.15, -0.1) is 0 Å². The van der Waals surface area contributed by atoms with Gasteiger partial charge in [-0.1, -0.05) is 19.1 Å². The molecule has 0 saturated carbocycles. The maximum atomic E-state index is 12.1. The molecule has 1 aromatic rings. The van der Waals surface area contributed by atoms with Crippen LogP contribution in [0.3, 0.4) is 0 Å². The Kier molecular flexibility index (Phi) is 5.96. The van der Waals surface area contributed by atoms with Crippen molar-refractivity contribution in [3.05, 3.63) is 24.3 Å². The van der Waals surface area contributed by atoms with Crippen molar-refractivity contribution in [3.8, 4) is 5.75 Å². The van der Waals surface area contributed by atoms with Crippen LogP contribution >= 0.6 is 0 Å². The number of para-hydroxylation sites is 2. The SMILES string of the molecule is C[C@@H]1CCCN(c2ccccc2OCC(=O)NC2CCOCC2)C1. The van der Waals surface area contributed by atoms with Crippen LogP contribution in [0.2, 0.25) is 0 Å². The fraction of sp³-hybridized carbons (Fsp3) is 0.632. The summed E-state index contributed by atoms with van der Waals surface area (Å²) in [5.41, 5.74) is 1.10. The zero-order valence-electron chi connectivity index (χ0n) is 14.5. The van der Waals surface area contributed by atoms with Crippen LogP contribution in [0.25, 0.3) is 0 Å². The third kappa shape index (κ3) is 4.63. The summed E-state index contributed by atoms with van der Waals surface area (Å²) < 4.78 is 11.2. The summed E-state index contributed by atoms with van der Waals surface area (Å²) in [7, 11) is 0. The number of carbonyl (C=O) groups excluding carboxylic acids is 1. The van der Waals surface area contributed by atoms with Gasteiger partial charge in [-0.2, -0.15) is 0 Å². The molecule has 5 heteroatoms. The fourth-order valence-electron chi connectivity index (χ4n) is 3.50. The van der Waals surface area contributed by atoms with Crippen LogP contribution in [0, 0.1) is 5.92 Å². The molecule has 132 valence electrons. The van der Waals surface area contributed by atoms with Gasteiger partial charge in [-0.25, -0.2) is 0 Å². The van der Waals surface area contributed by atoms with E-state index in [2.05, 4.69) is 23.2 Å². The van der Waals surface area contributed by atoms with Crippen molar-refractivity contribution in [1.82, 2.24) is 5.32 Å². The quantitative estimate of drug-likeness (QED) is 0.900. The summed E-state index contributed by atoms with van der Waals surface area (Å²) in [5, 5.41) is 3.04. The molecule has 24 heavy (non-hydrogen) atoms. The zero-order valence-corrected chi connectivity index (χ0v) is 14.5. The van der Waals surface area contributed by atoms with E-state index >= 15 is 0 Å². The summed E-state index contributed by atoms with van der Waals surface area (Å²) in [6.07, 6.45) is 4.26. The molecule has 5 nitrogen and oxygen atoms in total. The maximum Gasteiger partial charge on any atom is 0.258 e. The lowest BCUT2D eigenvalue weighted by atomic mass is 9.99. The van der Waals surface area contributed by atoms with Crippen LogP contribution in [0.4, 0.5) is 5.69 Å². The number of rotatable bonds is 5. The molecule has 0 unspecified atom stereocenters. The van der Waals surface area contributed by atoms with Crippen molar-refractivity contribution >= 4 is 11.6 Å². The highest BCUT2D eigenvalue weighted by Gasteiger charge is 2.20. The first-order chi connectivity index (χ1) is 11.7. The monoisotopic (exact) mass is 332 g/mol. The molecule has 2 aliphatic heterocycles. The topological polar surface area (TPSA) is 50.8 Å². The number of nitrogens with zero attached hydrogens (tertiary/aromatic N) is 1. The van der Waals surface area contributed by atoms with E-state index in [4.69, 9.17) is 9.47 Å². The first kappa shape index (κ1) is 17.1. The summed E-state index contributed by atoms with van der Waals surface area (Å²) in [6.45, 7) is 5.91. The Balaban J connectivity index is 1.55. The molecule has 0 radical (unpaired) electrons. The van der Waals surface area contributed by atoms with Gasteiger partial charge in [0.1, 0.15) is 5.75 Å². The third-order valence-corrected chi connectivity index (χ3v) is 4.81. The van der Waals surface area contributed by atoms with E-state index in [-0.39, 0.29) is 18.6 Å². The van der Waals surface area contributed by atoms with E-state index in [1.54, 1.807) is 0 Å². The van der Waals surface area contributed by atoms with Crippen molar-refractivity contribution in [3.63, 3.8) is 0 Å². The molecular weight excluding hydrogens is 304 g/mol. The Labute approximate surface area is 144 Å². The van der Waals surface area contributed by atoms with Gasteiger partial charge in [0.2, 0.25) is 0 Å². The number of benzene rings is 1. The first-order valence-corrected chi connectivity index (χ1v) is 9.06. The summed E-state index contributed by atoms with van der Waals surface area (Å²) in [6, 6.07) is 8.25. The molecule has 2 aliphatic rings. The van der Waals surface area contributed by atoms with E-state index in [1.165, 1.54) is 12.8 Å². The molecule has 0 bridgehead atoms. The molecule has 0 spiro atoms. The standard InChI is InChI=1S/C19H28N2O3/c1-15-5-4-10-21(13-15)17-6-2-3-7-18(17)24-14-19(22)20-16-8-11-23-12-9-16/h2-3,6-7,15-16H,4-5,8-14H2,1H3,(H,20,22)/t15-/m1/s1. The number of piperidine rings is 1. The number of carbonyl (C=O) groups is 1. The minimum atomic E-state index is -0.0521. The van der Waals surface area contributed by atoms with Crippen LogP contribution in [0.15, 0.2) is 24.3 Å². The number of nitrogens with one attached hydrogen (secondary N) is 1. The number of anilines is 1. The first-order valence-electron chi connectivity index (χ1n) is 9.06. The summed E-state index contributed by atoms with van der Waals surface area (Å²) in [4.78, 5) is 14.5. The Morgan fingerprint density at radius 3 is 2.88 bits per heavy atom. The highest BCUT2D eigenvalue weighted by atomic mass is 16.5.